The number of nitrogens with one attached hydrogen (secondary N) is 2. The average Bonchev–Trinajstić information content (AvgIpc) is 2.85. The van der Waals surface area contributed by atoms with E-state index in [9.17, 15) is 4.79 Å². The Morgan fingerprint density at radius 3 is 3.00 bits per heavy atom. The fourth-order valence-electron chi connectivity index (χ4n) is 2.18. The van der Waals surface area contributed by atoms with E-state index in [2.05, 4.69) is 32.6 Å². The second kappa shape index (κ2) is 5.35. The number of carbonyl (C=O) groups excluding carboxylic acids is 1. The predicted molar refractivity (Wildman–Crippen MR) is 83.2 cm³/mol. The molecule has 0 unspecified atom stereocenters. The summed E-state index contributed by atoms with van der Waals surface area (Å²) in [7, 11) is 0. The number of fused-ring (bicyclic) bond motifs is 1. The van der Waals surface area contributed by atoms with Crippen molar-refractivity contribution in [2.24, 2.45) is 0 Å². The Hall–Kier alpha value is -1.33. The number of aryl methyl sites for hydroxylation is 1. The van der Waals surface area contributed by atoms with Crippen molar-refractivity contribution < 1.29 is 4.79 Å². The molecule has 1 aromatic carbocycles. The van der Waals surface area contributed by atoms with Gasteiger partial charge in [0.25, 0.3) is 5.91 Å². The molecule has 0 spiro atoms. The first-order chi connectivity index (χ1) is 9.22. The van der Waals surface area contributed by atoms with E-state index in [0.29, 0.717) is 4.88 Å². The third-order valence-corrected chi connectivity index (χ3v) is 4.72. The molecule has 1 aliphatic heterocycles. The van der Waals surface area contributed by atoms with Crippen molar-refractivity contribution in [2.75, 3.05) is 17.2 Å². The summed E-state index contributed by atoms with van der Waals surface area (Å²) in [4.78, 5) is 12.8. The summed E-state index contributed by atoms with van der Waals surface area (Å²) in [5.74, 6) is -0.0561. The number of rotatable bonds is 2. The summed E-state index contributed by atoms with van der Waals surface area (Å²) >= 11 is 4.80. The fourth-order valence-corrected chi connectivity index (χ4v) is 3.46. The molecule has 2 heterocycles. The zero-order valence-electron chi connectivity index (χ0n) is 10.2. The van der Waals surface area contributed by atoms with Crippen molar-refractivity contribution in [3.63, 3.8) is 0 Å². The highest BCUT2D eigenvalue weighted by Gasteiger charge is 2.12. The van der Waals surface area contributed by atoms with E-state index < -0.39 is 0 Å². The summed E-state index contributed by atoms with van der Waals surface area (Å²) < 4.78 is 0.965. The Kier molecular flexibility index (Phi) is 3.57. The predicted octanol–water partition coefficient (Wildman–Crippen LogP) is 4.12. The number of benzene rings is 1. The first kappa shape index (κ1) is 12.7. The fraction of sp³-hybridized carbons (Fsp3) is 0.214. The normalized spacial score (nSPS) is 13.5. The minimum atomic E-state index is -0.0561. The molecule has 1 amide bonds. The molecule has 3 nitrogen and oxygen atoms in total. The summed E-state index contributed by atoms with van der Waals surface area (Å²) in [5, 5.41) is 6.31. The number of anilines is 2. The van der Waals surface area contributed by atoms with Gasteiger partial charge >= 0.3 is 0 Å². The van der Waals surface area contributed by atoms with E-state index in [4.69, 9.17) is 0 Å². The van der Waals surface area contributed by atoms with E-state index in [1.54, 1.807) is 0 Å². The van der Waals surface area contributed by atoms with Crippen LogP contribution in [-0.4, -0.2) is 12.5 Å². The van der Waals surface area contributed by atoms with Gasteiger partial charge < -0.3 is 10.6 Å². The van der Waals surface area contributed by atoms with Gasteiger partial charge in [-0.15, -0.1) is 11.3 Å². The van der Waals surface area contributed by atoms with Crippen LogP contribution in [-0.2, 0) is 6.42 Å². The standard InChI is InChI=1S/C14H13BrN2OS/c15-13-6-5-12(19-13)14(18)17-10-3-4-11-9(8-10)2-1-7-16-11/h3-6,8,16H,1-2,7H2,(H,17,18). The zero-order valence-corrected chi connectivity index (χ0v) is 12.6. The third kappa shape index (κ3) is 2.82. The molecule has 0 saturated carbocycles. The number of amides is 1. The molecular formula is C14H13BrN2OS. The van der Waals surface area contributed by atoms with Crippen LogP contribution in [0.5, 0.6) is 0 Å². The first-order valence-corrected chi connectivity index (χ1v) is 7.77. The van der Waals surface area contributed by atoms with Gasteiger partial charge in [0.05, 0.1) is 8.66 Å². The smallest absolute Gasteiger partial charge is 0.265 e. The molecule has 0 aliphatic carbocycles. The van der Waals surface area contributed by atoms with Crippen molar-refractivity contribution in [1.29, 1.82) is 0 Å². The van der Waals surface area contributed by atoms with E-state index in [-0.39, 0.29) is 5.91 Å². The highest BCUT2D eigenvalue weighted by Crippen LogP contribution is 2.26. The van der Waals surface area contributed by atoms with Crippen LogP contribution in [0, 0.1) is 0 Å². The summed E-state index contributed by atoms with van der Waals surface area (Å²) in [6, 6.07) is 9.74. The summed E-state index contributed by atoms with van der Waals surface area (Å²) in [5.41, 5.74) is 3.32. The van der Waals surface area contributed by atoms with Crippen molar-refractivity contribution in [3.05, 3.63) is 44.6 Å². The van der Waals surface area contributed by atoms with Crippen LogP contribution in [0.2, 0.25) is 0 Å². The lowest BCUT2D eigenvalue weighted by Gasteiger charge is -2.18. The molecule has 0 saturated heterocycles. The number of carbonyl (C=O) groups is 1. The van der Waals surface area contributed by atoms with E-state index >= 15 is 0 Å². The molecule has 0 radical (unpaired) electrons. The van der Waals surface area contributed by atoms with Gasteiger partial charge in [0.2, 0.25) is 0 Å². The first-order valence-electron chi connectivity index (χ1n) is 6.16. The van der Waals surface area contributed by atoms with Gasteiger partial charge in [-0.2, -0.15) is 0 Å². The summed E-state index contributed by atoms with van der Waals surface area (Å²) in [6.45, 7) is 1.03. The van der Waals surface area contributed by atoms with E-state index in [1.165, 1.54) is 22.6 Å². The van der Waals surface area contributed by atoms with Gasteiger partial charge in [0.15, 0.2) is 0 Å². The number of halogens is 1. The van der Waals surface area contributed by atoms with Crippen molar-refractivity contribution in [2.45, 2.75) is 12.8 Å². The van der Waals surface area contributed by atoms with Gasteiger partial charge in [0.1, 0.15) is 0 Å². The lowest BCUT2D eigenvalue weighted by Crippen LogP contribution is -2.14. The van der Waals surface area contributed by atoms with Gasteiger partial charge in [-0.05, 0) is 64.7 Å². The molecule has 1 aliphatic rings. The van der Waals surface area contributed by atoms with E-state index in [0.717, 1.165) is 28.9 Å². The Morgan fingerprint density at radius 2 is 2.21 bits per heavy atom. The monoisotopic (exact) mass is 336 g/mol. The second-order valence-electron chi connectivity index (χ2n) is 4.46. The minimum absolute atomic E-state index is 0.0561. The van der Waals surface area contributed by atoms with Gasteiger partial charge in [0, 0.05) is 17.9 Å². The topological polar surface area (TPSA) is 41.1 Å². The lowest BCUT2D eigenvalue weighted by atomic mass is 10.0. The molecule has 19 heavy (non-hydrogen) atoms. The maximum atomic E-state index is 12.1. The molecule has 2 aromatic rings. The van der Waals surface area contributed by atoms with Crippen LogP contribution >= 0.6 is 27.3 Å². The molecule has 5 heteroatoms. The SMILES string of the molecule is O=C(Nc1ccc2c(c1)CCCN2)c1ccc(Br)s1. The second-order valence-corrected chi connectivity index (χ2v) is 6.92. The van der Waals surface area contributed by atoms with Crippen molar-refractivity contribution >= 4 is 44.5 Å². The van der Waals surface area contributed by atoms with Gasteiger partial charge in [-0.1, -0.05) is 0 Å². The van der Waals surface area contributed by atoms with Crippen LogP contribution in [0.1, 0.15) is 21.7 Å². The minimum Gasteiger partial charge on any atom is -0.385 e. The molecule has 0 fully saturated rings. The van der Waals surface area contributed by atoms with Crippen LogP contribution in [0.15, 0.2) is 34.1 Å². The van der Waals surface area contributed by atoms with Gasteiger partial charge in [-0.25, -0.2) is 0 Å². The Labute approximate surface area is 124 Å². The molecule has 98 valence electrons. The molecule has 2 N–H and O–H groups in total. The number of hydrogen-bond donors (Lipinski definition) is 2. The van der Waals surface area contributed by atoms with Gasteiger partial charge in [-0.3, -0.25) is 4.79 Å². The van der Waals surface area contributed by atoms with Crippen LogP contribution in [0.3, 0.4) is 0 Å². The Morgan fingerprint density at radius 1 is 1.32 bits per heavy atom. The number of hydrogen-bond acceptors (Lipinski definition) is 3. The number of thiophene rings is 1. The Balaban J connectivity index is 1.78. The highest BCUT2D eigenvalue weighted by atomic mass is 79.9. The maximum Gasteiger partial charge on any atom is 0.265 e. The quantitative estimate of drug-likeness (QED) is 0.865. The molecule has 0 atom stereocenters. The van der Waals surface area contributed by atoms with E-state index in [1.807, 2.05) is 24.3 Å². The lowest BCUT2D eigenvalue weighted by molar-refractivity contribution is 0.103. The largest absolute Gasteiger partial charge is 0.385 e. The zero-order chi connectivity index (χ0) is 13.2. The average molecular weight is 337 g/mol. The van der Waals surface area contributed by atoms with Crippen molar-refractivity contribution in [1.82, 2.24) is 0 Å². The summed E-state index contributed by atoms with van der Waals surface area (Å²) in [6.07, 6.45) is 2.21. The Bertz CT molecular complexity index is 624. The van der Waals surface area contributed by atoms with Crippen LogP contribution in [0.4, 0.5) is 11.4 Å². The van der Waals surface area contributed by atoms with Crippen LogP contribution in [0.25, 0.3) is 0 Å². The van der Waals surface area contributed by atoms with Crippen molar-refractivity contribution in [3.8, 4) is 0 Å². The third-order valence-electron chi connectivity index (χ3n) is 3.10. The molecule has 3 rings (SSSR count). The molecule has 0 bridgehead atoms. The maximum absolute atomic E-state index is 12.1. The van der Waals surface area contributed by atoms with Crippen LogP contribution < -0.4 is 10.6 Å². The molecule has 1 aromatic heterocycles. The highest BCUT2D eigenvalue weighted by molar-refractivity contribution is 9.11. The molecular weight excluding hydrogens is 324 g/mol.